The molecule has 1 unspecified atom stereocenters. The lowest BCUT2D eigenvalue weighted by Crippen LogP contribution is -2.25. The Morgan fingerprint density at radius 1 is 1.58 bits per heavy atom. The number of hydrogen-bond acceptors (Lipinski definition) is 4. The van der Waals surface area contributed by atoms with Gasteiger partial charge in [0.05, 0.1) is 12.5 Å². The highest BCUT2D eigenvalue weighted by Crippen LogP contribution is 1.95. The third kappa shape index (κ3) is 4.20. The Bertz CT molecular complexity index is 144. The van der Waals surface area contributed by atoms with Crippen molar-refractivity contribution in [2.24, 2.45) is 5.92 Å². The molecule has 0 rings (SSSR count). The summed E-state index contributed by atoms with van der Waals surface area (Å²) in [5.74, 6) is -0.907. The lowest BCUT2D eigenvalue weighted by Gasteiger charge is -2.06. The van der Waals surface area contributed by atoms with Crippen LogP contribution in [0.2, 0.25) is 0 Å². The standard InChI is InChI=1S/C8H14O4/c1-3-12-6-8(10)7(4-9)5-11-2/h4,7H,3,5-6H2,1-2H3. The van der Waals surface area contributed by atoms with Crippen molar-refractivity contribution in [1.29, 1.82) is 0 Å². The molecule has 0 N–H and O–H groups in total. The van der Waals surface area contributed by atoms with Gasteiger partial charge in [-0.05, 0) is 6.92 Å². The smallest absolute Gasteiger partial charge is 0.170 e. The van der Waals surface area contributed by atoms with Crippen LogP contribution in [-0.4, -0.2) is 39.0 Å². The van der Waals surface area contributed by atoms with E-state index in [0.29, 0.717) is 12.9 Å². The first kappa shape index (κ1) is 11.3. The Morgan fingerprint density at radius 3 is 2.67 bits per heavy atom. The lowest BCUT2D eigenvalue weighted by molar-refractivity contribution is -0.132. The molecule has 0 aromatic heterocycles. The molecule has 0 aliphatic carbocycles. The van der Waals surface area contributed by atoms with Gasteiger partial charge in [0.2, 0.25) is 0 Å². The van der Waals surface area contributed by atoms with Crippen LogP contribution in [0.4, 0.5) is 0 Å². The molecule has 0 radical (unpaired) electrons. The average Bonchev–Trinajstić information content (AvgIpc) is 2.10. The molecule has 0 aliphatic rings. The van der Waals surface area contributed by atoms with Crippen molar-refractivity contribution in [2.45, 2.75) is 6.92 Å². The van der Waals surface area contributed by atoms with Gasteiger partial charge in [-0.3, -0.25) is 4.79 Å². The van der Waals surface area contributed by atoms with Crippen LogP contribution in [0.25, 0.3) is 0 Å². The van der Waals surface area contributed by atoms with Gasteiger partial charge in [-0.25, -0.2) is 0 Å². The first-order valence-corrected chi connectivity index (χ1v) is 3.81. The Morgan fingerprint density at radius 2 is 2.25 bits per heavy atom. The van der Waals surface area contributed by atoms with E-state index < -0.39 is 5.92 Å². The van der Waals surface area contributed by atoms with E-state index in [-0.39, 0.29) is 19.0 Å². The highest BCUT2D eigenvalue weighted by atomic mass is 16.5. The van der Waals surface area contributed by atoms with Crippen LogP contribution < -0.4 is 0 Å². The molecule has 4 nitrogen and oxygen atoms in total. The number of carbonyl (C=O) groups is 2. The molecule has 70 valence electrons. The number of rotatable bonds is 7. The van der Waals surface area contributed by atoms with Gasteiger partial charge in [0.1, 0.15) is 12.9 Å². The maximum absolute atomic E-state index is 11.1. The fourth-order valence-electron chi connectivity index (χ4n) is 0.697. The Balaban J connectivity index is 3.77. The summed E-state index contributed by atoms with van der Waals surface area (Å²) in [6.45, 7) is 2.39. The molecule has 0 saturated carbocycles. The van der Waals surface area contributed by atoms with E-state index in [2.05, 4.69) is 4.74 Å². The number of carbonyl (C=O) groups excluding carboxylic acids is 2. The van der Waals surface area contributed by atoms with Crippen LogP contribution in [0.15, 0.2) is 0 Å². The van der Waals surface area contributed by atoms with Crippen LogP contribution in [0.3, 0.4) is 0 Å². The summed E-state index contributed by atoms with van der Waals surface area (Å²) in [4.78, 5) is 21.4. The summed E-state index contributed by atoms with van der Waals surface area (Å²) in [6.07, 6.45) is 0.588. The van der Waals surface area contributed by atoms with Crippen molar-refractivity contribution in [3.05, 3.63) is 0 Å². The van der Waals surface area contributed by atoms with Gasteiger partial charge < -0.3 is 14.3 Å². The molecule has 1 atom stereocenters. The van der Waals surface area contributed by atoms with Crippen molar-refractivity contribution in [1.82, 2.24) is 0 Å². The van der Waals surface area contributed by atoms with E-state index in [9.17, 15) is 9.59 Å². The molecule has 0 fully saturated rings. The van der Waals surface area contributed by atoms with Crippen molar-refractivity contribution in [2.75, 3.05) is 26.9 Å². The average molecular weight is 174 g/mol. The Kier molecular flexibility index (Phi) is 6.51. The Hall–Kier alpha value is -0.740. The number of hydrogen-bond donors (Lipinski definition) is 0. The maximum Gasteiger partial charge on any atom is 0.170 e. The van der Waals surface area contributed by atoms with Crippen LogP contribution in [-0.2, 0) is 19.1 Å². The highest BCUT2D eigenvalue weighted by molar-refractivity contribution is 5.94. The molecule has 0 bridgehead atoms. The van der Waals surface area contributed by atoms with Gasteiger partial charge in [-0.15, -0.1) is 0 Å². The van der Waals surface area contributed by atoms with Crippen LogP contribution in [0, 0.1) is 5.92 Å². The summed E-state index contributed by atoms with van der Waals surface area (Å²) in [7, 11) is 1.45. The van der Waals surface area contributed by atoms with E-state index in [1.165, 1.54) is 7.11 Å². The van der Waals surface area contributed by atoms with E-state index in [4.69, 9.17) is 4.74 Å². The molecule has 4 heteroatoms. The van der Waals surface area contributed by atoms with E-state index in [0.717, 1.165) is 0 Å². The summed E-state index contributed by atoms with van der Waals surface area (Å²) in [6, 6.07) is 0. The zero-order chi connectivity index (χ0) is 9.40. The van der Waals surface area contributed by atoms with Gasteiger partial charge in [0, 0.05) is 13.7 Å². The fraction of sp³-hybridized carbons (Fsp3) is 0.750. The van der Waals surface area contributed by atoms with E-state index in [1.54, 1.807) is 6.92 Å². The molecule has 0 aromatic carbocycles. The highest BCUT2D eigenvalue weighted by Gasteiger charge is 2.16. The zero-order valence-electron chi connectivity index (χ0n) is 7.41. The van der Waals surface area contributed by atoms with E-state index in [1.807, 2.05) is 0 Å². The quantitative estimate of drug-likeness (QED) is 0.404. The lowest BCUT2D eigenvalue weighted by atomic mass is 10.1. The predicted molar refractivity (Wildman–Crippen MR) is 42.9 cm³/mol. The van der Waals surface area contributed by atoms with Crippen molar-refractivity contribution in [3.63, 3.8) is 0 Å². The largest absolute Gasteiger partial charge is 0.383 e. The minimum atomic E-state index is -0.679. The Labute approximate surface area is 71.8 Å². The number of ether oxygens (including phenoxy) is 2. The summed E-state index contributed by atoms with van der Waals surface area (Å²) in [5.41, 5.74) is 0. The number of methoxy groups -OCH3 is 1. The van der Waals surface area contributed by atoms with Crippen LogP contribution in [0.5, 0.6) is 0 Å². The first-order chi connectivity index (χ1) is 5.76. The molecule has 0 heterocycles. The molecule has 0 saturated heterocycles. The predicted octanol–water partition coefficient (Wildman–Crippen LogP) is 0.0535. The van der Waals surface area contributed by atoms with Gasteiger partial charge in [0.15, 0.2) is 5.78 Å². The van der Waals surface area contributed by atoms with Gasteiger partial charge in [0.25, 0.3) is 0 Å². The van der Waals surface area contributed by atoms with Gasteiger partial charge in [-0.1, -0.05) is 0 Å². The molecular formula is C8H14O4. The van der Waals surface area contributed by atoms with Gasteiger partial charge in [-0.2, -0.15) is 0 Å². The second-order valence-electron chi connectivity index (χ2n) is 2.30. The van der Waals surface area contributed by atoms with E-state index >= 15 is 0 Å². The third-order valence-electron chi connectivity index (χ3n) is 1.37. The molecular weight excluding hydrogens is 160 g/mol. The second-order valence-corrected chi connectivity index (χ2v) is 2.30. The first-order valence-electron chi connectivity index (χ1n) is 3.81. The van der Waals surface area contributed by atoms with Crippen LogP contribution in [0.1, 0.15) is 6.92 Å². The number of ketones is 1. The summed E-state index contributed by atoms with van der Waals surface area (Å²) >= 11 is 0. The molecule has 0 aromatic rings. The third-order valence-corrected chi connectivity index (χ3v) is 1.37. The molecule has 0 aliphatic heterocycles. The van der Waals surface area contributed by atoms with Crippen molar-refractivity contribution >= 4 is 12.1 Å². The van der Waals surface area contributed by atoms with Crippen LogP contribution >= 0.6 is 0 Å². The van der Waals surface area contributed by atoms with Crippen molar-refractivity contribution in [3.8, 4) is 0 Å². The number of aldehydes is 1. The monoisotopic (exact) mass is 174 g/mol. The summed E-state index contributed by atoms with van der Waals surface area (Å²) in [5, 5.41) is 0. The molecule has 12 heavy (non-hydrogen) atoms. The normalized spacial score (nSPS) is 12.5. The molecule has 0 spiro atoms. The minimum Gasteiger partial charge on any atom is -0.383 e. The fourth-order valence-corrected chi connectivity index (χ4v) is 0.697. The second kappa shape index (κ2) is 6.94. The maximum atomic E-state index is 11.1. The van der Waals surface area contributed by atoms with Gasteiger partial charge >= 0.3 is 0 Å². The SMILES string of the molecule is CCOCC(=O)C(C=O)COC. The van der Waals surface area contributed by atoms with Crippen molar-refractivity contribution < 1.29 is 19.1 Å². The summed E-state index contributed by atoms with van der Waals surface area (Å²) < 4.78 is 9.55. The zero-order valence-corrected chi connectivity index (χ0v) is 7.41. The number of Topliss-reactive ketones (excluding diaryl/α,β-unsaturated/α-hetero) is 1. The minimum absolute atomic E-state index is 0.0106. The molecule has 0 amide bonds. The topological polar surface area (TPSA) is 52.6 Å².